The number of piperidine rings is 1. The molecule has 0 aromatic carbocycles. The third-order valence-electron chi connectivity index (χ3n) is 3.13. The van der Waals surface area contributed by atoms with Gasteiger partial charge in [-0.2, -0.15) is 5.10 Å². The molecule has 0 radical (unpaired) electrons. The van der Waals surface area contributed by atoms with Crippen LogP contribution in [-0.2, 0) is 0 Å². The van der Waals surface area contributed by atoms with E-state index in [9.17, 15) is 0 Å². The summed E-state index contributed by atoms with van der Waals surface area (Å²) < 4.78 is 5.55. The van der Waals surface area contributed by atoms with E-state index in [1.54, 1.807) is 0 Å². The zero-order valence-corrected chi connectivity index (χ0v) is 11.7. The maximum Gasteiger partial charge on any atom is 0.233 e. The molecule has 1 fully saturated rings. The van der Waals surface area contributed by atoms with Crippen molar-refractivity contribution < 1.29 is 4.74 Å². The number of hydrogen-bond acceptors (Lipinski definition) is 4. The lowest BCUT2D eigenvalue weighted by Crippen LogP contribution is -2.34. The molecule has 1 aromatic heterocycles. The van der Waals surface area contributed by atoms with E-state index in [1.165, 1.54) is 32.2 Å². The Labute approximate surface area is 115 Å². The summed E-state index contributed by atoms with van der Waals surface area (Å²) in [6, 6.07) is 4.49. The lowest BCUT2D eigenvalue weighted by molar-refractivity contribution is 0.274. The number of nitrogens with one attached hydrogen (secondary N) is 1. The van der Waals surface area contributed by atoms with Crippen LogP contribution in [0.1, 0.15) is 37.8 Å². The van der Waals surface area contributed by atoms with E-state index in [-0.39, 0.29) is 12.4 Å². The Morgan fingerprint density at radius 1 is 1.33 bits per heavy atom. The Bertz CT molecular complexity index is 326. The third kappa shape index (κ3) is 5.19. The number of ether oxygens (including phenoxy) is 1. The zero-order valence-electron chi connectivity index (χ0n) is 10.9. The second kappa shape index (κ2) is 8.27. The van der Waals surface area contributed by atoms with Gasteiger partial charge in [0.15, 0.2) is 0 Å². The van der Waals surface area contributed by atoms with Gasteiger partial charge in [-0.25, -0.2) is 0 Å². The first-order valence-electron chi connectivity index (χ1n) is 6.51. The van der Waals surface area contributed by atoms with Crippen LogP contribution < -0.4 is 10.1 Å². The molecule has 1 aromatic rings. The summed E-state index contributed by atoms with van der Waals surface area (Å²) in [7, 11) is 0. The van der Waals surface area contributed by atoms with Gasteiger partial charge < -0.3 is 10.1 Å². The van der Waals surface area contributed by atoms with Crippen LogP contribution in [0.4, 0.5) is 0 Å². The van der Waals surface area contributed by atoms with E-state index in [4.69, 9.17) is 4.74 Å². The Morgan fingerprint density at radius 3 is 2.89 bits per heavy atom. The van der Waals surface area contributed by atoms with Gasteiger partial charge in [0.2, 0.25) is 5.88 Å². The highest BCUT2D eigenvalue weighted by Gasteiger charge is 2.11. The lowest BCUT2D eigenvalue weighted by Gasteiger charge is -2.23. The minimum atomic E-state index is 0. The molecule has 1 N–H and O–H groups in total. The number of aryl methyl sites for hydroxylation is 1. The van der Waals surface area contributed by atoms with Crippen LogP contribution in [0.15, 0.2) is 12.1 Å². The summed E-state index contributed by atoms with van der Waals surface area (Å²) in [5, 5.41) is 11.5. The summed E-state index contributed by atoms with van der Waals surface area (Å²) in [4.78, 5) is 0. The number of hydrogen-bond donors (Lipinski definition) is 1. The van der Waals surface area contributed by atoms with Gasteiger partial charge in [0.05, 0.1) is 12.3 Å². The maximum atomic E-state index is 5.55. The van der Waals surface area contributed by atoms with Gasteiger partial charge >= 0.3 is 0 Å². The number of halogens is 1. The first kappa shape index (κ1) is 15.2. The van der Waals surface area contributed by atoms with Crippen molar-refractivity contribution in [2.24, 2.45) is 0 Å². The van der Waals surface area contributed by atoms with Crippen LogP contribution in [0, 0.1) is 6.92 Å². The normalized spacial score (nSPS) is 19.1. The molecule has 5 heteroatoms. The fraction of sp³-hybridized carbons (Fsp3) is 0.692. The molecule has 2 heterocycles. The third-order valence-corrected chi connectivity index (χ3v) is 3.13. The van der Waals surface area contributed by atoms with E-state index >= 15 is 0 Å². The Kier molecular flexibility index (Phi) is 6.98. The smallest absolute Gasteiger partial charge is 0.233 e. The molecule has 0 amide bonds. The second-order valence-electron chi connectivity index (χ2n) is 4.65. The first-order valence-corrected chi connectivity index (χ1v) is 6.51. The molecule has 2 rings (SSSR count). The van der Waals surface area contributed by atoms with Crippen LogP contribution in [0.5, 0.6) is 5.88 Å². The van der Waals surface area contributed by atoms with Crippen molar-refractivity contribution >= 4 is 12.4 Å². The van der Waals surface area contributed by atoms with Gasteiger partial charge in [-0.05, 0) is 45.2 Å². The van der Waals surface area contributed by atoms with Gasteiger partial charge in [-0.3, -0.25) is 0 Å². The fourth-order valence-corrected chi connectivity index (χ4v) is 2.14. The predicted octanol–water partition coefficient (Wildman–Crippen LogP) is 2.51. The van der Waals surface area contributed by atoms with Crippen molar-refractivity contribution in [1.29, 1.82) is 0 Å². The van der Waals surface area contributed by atoms with Gasteiger partial charge in [0.1, 0.15) is 0 Å². The summed E-state index contributed by atoms with van der Waals surface area (Å²) >= 11 is 0. The van der Waals surface area contributed by atoms with Crippen molar-refractivity contribution in [1.82, 2.24) is 15.5 Å². The number of rotatable bonds is 5. The van der Waals surface area contributed by atoms with Crippen LogP contribution in [-0.4, -0.2) is 29.4 Å². The van der Waals surface area contributed by atoms with Crippen molar-refractivity contribution in [2.45, 2.75) is 45.1 Å². The fourth-order valence-electron chi connectivity index (χ4n) is 2.14. The van der Waals surface area contributed by atoms with Crippen LogP contribution in [0.25, 0.3) is 0 Å². The SMILES string of the molecule is Cc1ccc(OCCCC2CCCCN2)nn1.Cl. The molecule has 0 aliphatic carbocycles. The Balaban J connectivity index is 0.00000162. The molecule has 1 aliphatic rings. The maximum absolute atomic E-state index is 5.55. The molecule has 1 atom stereocenters. The van der Waals surface area contributed by atoms with Crippen molar-refractivity contribution in [3.63, 3.8) is 0 Å². The quantitative estimate of drug-likeness (QED) is 0.836. The van der Waals surface area contributed by atoms with Gasteiger partial charge in [0, 0.05) is 12.1 Å². The predicted molar refractivity (Wildman–Crippen MR) is 74.4 cm³/mol. The van der Waals surface area contributed by atoms with Crippen molar-refractivity contribution in [3.8, 4) is 5.88 Å². The van der Waals surface area contributed by atoms with Crippen LogP contribution in [0.2, 0.25) is 0 Å². The minimum absolute atomic E-state index is 0. The standard InChI is InChI=1S/C13H21N3O.ClH/c1-11-7-8-13(16-15-11)17-10-4-6-12-5-2-3-9-14-12;/h7-8,12,14H,2-6,9-10H2,1H3;1H. The largest absolute Gasteiger partial charge is 0.477 e. The van der Waals surface area contributed by atoms with Crippen LogP contribution in [0.3, 0.4) is 0 Å². The molecular formula is C13H22ClN3O. The summed E-state index contributed by atoms with van der Waals surface area (Å²) in [6.45, 7) is 3.83. The molecule has 18 heavy (non-hydrogen) atoms. The Hall–Kier alpha value is -0.870. The lowest BCUT2D eigenvalue weighted by atomic mass is 10.0. The molecule has 1 aliphatic heterocycles. The van der Waals surface area contributed by atoms with E-state index in [2.05, 4.69) is 15.5 Å². The molecule has 0 bridgehead atoms. The molecule has 1 unspecified atom stereocenters. The molecule has 0 saturated carbocycles. The van der Waals surface area contributed by atoms with Gasteiger partial charge in [-0.1, -0.05) is 6.42 Å². The number of aromatic nitrogens is 2. The van der Waals surface area contributed by atoms with Crippen molar-refractivity contribution in [3.05, 3.63) is 17.8 Å². The molecule has 1 saturated heterocycles. The highest BCUT2D eigenvalue weighted by Crippen LogP contribution is 2.12. The Morgan fingerprint density at radius 2 is 2.22 bits per heavy atom. The summed E-state index contributed by atoms with van der Waals surface area (Å²) in [6.07, 6.45) is 6.27. The average molecular weight is 272 g/mol. The highest BCUT2D eigenvalue weighted by atomic mass is 35.5. The van der Waals surface area contributed by atoms with Crippen LogP contribution >= 0.6 is 12.4 Å². The highest BCUT2D eigenvalue weighted by molar-refractivity contribution is 5.85. The first-order chi connectivity index (χ1) is 8.34. The minimum Gasteiger partial charge on any atom is -0.477 e. The second-order valence-corrected chi connectivity index (χ2v) is 4.65. The monoisotopic (exact) mass is 271 g/mol. The molecule has 102 valence electrons. The molecular weight excluding hydrogens is 250 g/mol. The summed E-state index contributed by atoms with van der Waals surface area (Å²) in [5.41, 5.74) is 0.920. The topological polar surface area (TPSA) is 47.0 Å². The van der Waals surface area contributed by atoms with E-state index in [1.807, 2.05) is 19.1 Å². The summed E-state index contributed by atoms with van der Waals surface area (Å²) in [5.74, 6) is 0.632. The van der Waals surface area contributed by atoms with E-state index in [0.717, 1.165) is 18.7 Å². The zero-order chi connectivity index (χ0) is 11.9. The van der Waals surface area contributed by atoms with Gasteiger partial charge in [-0.15, -0.1) is 17.5 Å². The van der Waals surface area contributed by atoms with Gasteiger partial charge in [0.25, 0.3) is 0 Å². The van der Waals surface area contributed by atoms with Crippen molar-refractivity contribution in [2.75, 3.05) is 13.2 Å². The molecule has 0 spiro atoms. The van der Waals surface area contributed by atoms with E-state index < -0.39 is 0 Å². The van der Waals surface area contributed by atoms with E-state index in [0.29, 0.717) is 11.9 Å². The average Bonchev–Trinajstić information content (AvgIpc) is 2.38. The number of nitrogens with zero attached hydrogens (tertiary/aromatic N) is 2. The molecule has 4 nitrogen and oxygen atoms in total.